The molecule has 3 N–H and O–H groups in total. The minimum atomic E-state index is -0.541. The molecular weight excluding hydrogens is 258 g/mol. The van der Waals surface area contributed by atoms with Gasteiger partial charge in [-0.15, -0.1) is 11.8 Å². The van der Waals surface area contributed by atoms with E-state index >= 15 is 0 Å². The minimum absolute atomic E-state index is 0.295. The topological polar surface area (TPSA) is 79.5 Å². The first-order valence-electron chi connectivity index (χ1n) is 6.05. The number of nitrogens with one attached hydrogen (secondary N) is 3. The molecule has 0 aromatic heterocycles. The maximum Gasteiger partial charge on any atom is 0.411 e. The number of amides is 3. The molecule has 1 aromatic rings. The quantitative estimate of drug-likeness (QED) is 0.583. The van der Waals surface area contributed by atoms with Crippen LogP contribution in [-0.4, -0.2) is 25.8 Å². The molecule has 106 valence electrons. The Balaban J connectivity index is 2.42. The van der Waals surface area contributed by atoms with Crippen LogP contribution in [0.15, 0.2) is 24.3 Å². The van der Waals surface area contributed by atoms with Gasteiger partial charge in [-0.25, -0.2) is 9.59 Å². The largest absolute Gasteiger partial charge is 0.453 e. The first-order chi connectivity index (χ1) is 9.65. The lowest BCUT2D eigenvalue weighted by Crippen LogP contribution is -2.29. The fourth-order valence-corrected chi connectivity index (χ4v) is 1.34. The van der Waals surface area contributed by atoms with Gasteiger partial charge in [0.15, 0.2) is 0 Å². The highest BCUT2D eigenvalue weighted by Crippen LogP contribution is 2.13. The molecule has 0 spiro atoms. The van der Waals surface area contributed by atoms with E-state index in [1.807, 2.05) is 0 Å². The molecule has 0 heterocycles. The SMILES string of the molecule is CC#CCCNC(=O)Nc1ccc(NC(=O)OC)cc1. The molecule has 0 atom stereocenters. The highest BCUT2D eigenvalue weighted by Gasteiger charge is 2.02. The summed E-state index contributed by atoms with van der Waals surface area (Å²) in [6.07, 6.45) is 0.0758. The van der Waals surface area contributed by atoms with E-state index in [9.17, 15) is 9.59 Å². The first kappa shape index (κ1) is 15.4. The van der Waals surface area contributed by atoms with E-state index in [2.05, 4.69) is 32.5 Å². The molecule has 0 radical (unpaired) electrons. The normalized spacial score (nSPS) is 8.90. The molecule has 0 aliphatic carbocycles. The predicted molar refractivity (Wildman–Crippen MR) is 77.6 cm³/mol. The van der Waals surface area contributed by atoms with Gasteiger partial charge in [0.05, 0.1) is 7.11 Å². The minimum Gasteiger partial charge on any atom is -0.453 e. The highest BCUT2D eigenvalue weighted by molar-refractivity contribution is 5.90. The molecule has 0 aliphatic heterocycles. The number of hydrogen-bond donors (Lipinski definition) is 3. The summed E-state index contributed by atoms with van der Waals surface area (Å²) < 4.78 is 4.47. The van der Waals surface area contributed by atoms with E-state index in [0.29, 0.717) is 24.3 Å². The van der Waals surface area contributed by atoms with Gasteiger partial charge in [0.2, 0.25) is 0 Å². The zero-order chi connectivity index (χ0) is 14.8. The zero-order valence-electron chi connectivity index (χ0n) is 11.4. The molecule has 0 saturated heterocycles. The number of rotatable bonds is 4. The van der Waals surface area contributed by atoms with Crippen LogP contribution in [0.1, 0.15) is 13.3 Å². The van der Waals surface area contributed by atoms with E-state index in [-0.39, 0.29) is 6.03 Å². The third-order valence-corrected chi connectivity index (χ3v) is 2.29. The average Bonchev–Trinajstić information content (AvgIpc) is 2.45. The number of urea groups is 1. The lowest BCUT2D eigenvalue weighted by atomic mass is 10.3. The lowest BCUT2D eigenvalue weighted by Gasteiger charge is -2.08. The summed E-state index contributed by atoms with van der Waals surface area (Å²) in [4.78, 5) is 22.5. The van der Waals surface area contributed by atoms with Crippen molar-refractivity contribution in [1.29, 1.82) is 0 Å². The third kappa shape index (κ3) is 5.78. The van der Waals surface area contributed by atoms with Crippen LogP contribution in [0.2, 0.25) is 0 Å². The molecule has 6 nitrogen and oxygen atoms in total. The van der Waals surface area contributed by atoms with Crippen molar-refractivity contribution in [2.24, 2.45) is 0 Å². The van der Waals surface area contributed by atoms with Crippen LogP contribution in [0, 0.1) is 11.8 Å². The Morgan fingerprint density at radius 2 is 1.75 bits per heavy atom. The number of ether oxygens (including phenoxy) is 1. The zero-order valence-corrected chi connectivity index (χ0v) is 11.4. The number of carbonyl (C=O) groups excluding carboxylic acids is 2. The number of anilines is 2. The fraction of sp³-hybridized carbons (Fsp3) is 0.286. The second kappa shape index (κ2) is 8.43. The van der Waals surface area contributed by atoms with E-state index in [1.165, 1.54) is 7.11 Å². The lowest BCUT2D eigenvalue weighted by molar-refractivity contribution is 0.187. The Labute approximate surface area is 117 Å². The Morgan fingerprint density at radius 1 is 1.15 bits per heavy atom. The van der Waals surface area contributed by atoms with Crippen LogP contribution < -0.4 is 16.0 Å². The average molecular weight is 275 g/mol. The summed E-state index contributed by atoms with van der Waals surface area (Å²) in [6, 6.07) is 6.38. The van der Waals surface area contributed by atoms with Gasteiger partial charge in [0.1, 0.15) is 0 Å². The van der Waals surface area contributed by atoms with Crippen molar-refractivity contribution in [1.82, 2.24) is 5.32 Å². The molecular formula is C14H17N3O3. The summed E-state index contributed by atoms with van der Waals surface area (Å²) in [6.45, 7) is 2.25. The number of methoxy groups -OCH3 is 1. The van der Waals surface area contributed by atoms with Crippen molar-refractivity contribution in [3.05, 3.63) is 24.3 Å². The molecule has 0 saturated carbocycles. The van der Waals surface area contributed by atoms with Crippen LogP contribution in [0.3, 0.4) is 0 Å². The van der Waals surface area contributed by atoms with Crippen molar-refractivity contribution < 1.29 is 14.3 Å². The predicted octanol–water partition coefficient (Wildman–Crippen LogP) is 2.40. The van der Waals surface area contributed by atoms with Gasteiger partial charge < -0.3 is 15.4 Å². The van der Waals surface area contributed by atoms with Crippen molar-refractivity contribution in [3.63, 3.8) is 0 Å². The monoisotopic (exact) mass is 275 g/mol. The van der Waals surface area contributed by atoms with Crippen LogP contribution in [0.25, 0.3) is 0 Å². The Morgan fingerprint density at radius 3 is 2.30 bits per heavy atom. The smallest absolute Gasteiger partial charge is 0.411 e. The van der Waals surface area contributed by atoms with Crippen molar-refractivity contribution >= 4 is 23.5 Å². The van der Waals surface area contributed by atoms with E-state index in [0.717, 1.165) is 0 Å². The second-order valence-electron chi connectivity index (χ2n) is 3.75. The molecule has 0 aliphatic rings. The van der Waals surface area contributed by atoms with Gasteiger partial charge in [-0.1, -0.05) is 0 Å². The summed E-state index contributed by atoms with van der Waals surface area (Å²) in [5.74, 6) is 5.61. The number of benzene rings is 1. The van der Waals surface area contributed by atoms with E-state index in [4.69, 9.17) is 0 Å². The van der Waals surface area contributed by atoms with Gasteiger partial charge >= 0.3 is 12.1 Å². The highest BCUT2D eigenvalue weighted by atomic mass is 16.5. The van der Waals surface area contributed by atoms with Crippen molar-refractivity contribution in [2.45, 2.75) is 13.3 Å². The fourth-order valence-electron chi connectivity index (χ4n) is 1.34. The molecule has 3 amide bonds. The molecule has 20 heavy (non-hydrogen) atoms. The first-order valence-corrected chi connectivity index (χ1v) is 6.05. The summed E-state index contributed by atoms with van der Waals surface area (Å²) in [5, 5.41) is 7.87. The van der Waals surface area contributed by atoms with Crippen LogP contribution in [0.4, 0.5) is 21.0 Å². The van der Waals surface area contributed by atoms with Crippen LogP contribution in [-0.2, 0) is 4.74 Å². The number of carbonyl (C=O) groups is 2. The maximum atomic E-state index is 11.5. The van der Waals surface area contributed by atoms with Crippen molar-refractivity contribution in [3.8, 4) is 11.8 Å². The number of hydrogen-bond acceptors (Lipinski definition) is 3. The summed E-state index contributed by atoms with van der Waals surface area (Å²) >= 11 is 0. The maximum absolute atomic E-state index is 11.5. The molecule has 0 fully saturated rings. The van der Waals surface area contributed by atoms with Crippen LogP contribution in [0.5, 0.6) is 0 Å². The summed E-state index contributed by atoms with van der Waals surface area (Å²) in [7, 11) is 1.29. The van der Waals surface area contributed by atoms with Gasteiger partial charge in [-0.3, -0.25) is 5.32 Å². The second-order valence-corrected chi connectivity index (χ2v) is 3.75. The Kier molecular flexibility index (Phi) is 6.48. The molecule has 0 unspecified atom stereocenters. The van der Waals surface area contributed by atoms with Crippen LogP contribution >= 0.6 is 0 Å². The van der Waals surface area contributed by atoms with E-state index in [1.54, 1.807) is 31.2 Å². The van der Waals surface area contributed by atoms with Crippen molar-refractivity contribution in [2.75, 3.05) is 24.3 Å². The molecule has 1 rings (SSSR count). The van der Waals surface area contributed by atoms with Gasteiger partial charge in [-0.2, -0.15) is 0 Å². The van der Waals surface area contributed by atoms with Gasteiger partial charge in [0, 0.05) is 24.3 Å². The third-order valence-electron chi connectivity index (χ3n) is 2.29. The summed E-state index contributed by atoms with van der Waals surface area (Å²) in [5.41, 5.74) is 1.21. The molecule has 6 heteroatoms. The van der Waals surface area contributed by atoms with Gasteiger partial charge in [0.25, 0.3) is 0 Å². The molecule has 0 bridgehead atoms. The Bertz CT molecular complexity index is 515. The Hall–Kier alpha value is -2.68. The standard InChI is InChI=1S/C14H17N3O3/c1-3-4-5-10-15-13(18)16-11-6-8-12(9-7-11)17-14(19)20-2/h6-9H,5,10H2,1-2H3,(H,17,19)(H2,15,16,18). The van der Waals surface area contributed by atoms with Gasteiger partial charge in [-0.05, 0) is 31.2 Å². The van der Waals surface area contributed by atoms with E-state index < -0.39 is 6.09 Å². The molecule has 1 aromatic carbocycles.